The summed E-state index contributed by atoms with van der Waals surface area (Å²) in [6, 6.07) is -2.85. The Morgan fingerprint density at radius 1 is 0.625 bits per heavy atom. The van der Waals surface area contributed by atoms with E-state index in [2.05, 4.69) is 5.32 Å². The summed E-state index contributed by atoms with van der Waals surface area (Å²) in [6.07, 6.45) is -36.1. The molecule has 0 aromatic rings. The van der Waals surface area contributed by atoms with Gasteiger partial charge in [0.2, 0.25) is 0 Å². The maximum Gasteiger partial charge on any atom is 0.195 e. The number of nitrogens with one attached hydrogen (secondary N) is 1. The molecule has 25 nitrogen and oxygen atoms in total. The van der Waals surface area contributed by atoms with Crippen LogP contribution in [0.5, 0.6) is 0 Å². The van der Waals surface area contributed by atoms with Crippen molar-refractivity contribution in [3.8, 4) is 0 Å². The van der Waals surface area contributed by atoms with E-state index in [9.17, 15) is 86.5 Å². The topological polar surface area (TPSA) is 428 Å². The highest BCUT2D eigenvalue weighted by Gasteiger charge is 2.54. The Labute approximate surface area is 317 Å². The number of aliphatic hydroxyl groups is 17. The maximum atomic E-state index is 12.4. The Kier molecular flexibility index (Phi) is 17.4. The Hall–Kier alpha value is -1.55. The average molecular weight is 824 g/mol. The molecule has 3 saturated heterocycles. The lowest BCUT2D eigenvalue weighted by Gasteiger charge is -2.48. The minimum Gasteiger partial charge on any atom is -0.394 e. The number of rotatable bonds is 17. The van der Waals surface area contributed by atoms with Crippen LogP contribution in [0.25, 0.3) is 0 Å². The third kappa shape index (κ3) is 9.90. The van der Waals surface area contributed by atoms with Crippen molar-refractivity contribution < 1.29 is 120 Å². The minimum absolute atomic E-state index is 0.126. The highest BCUT2D eigenvalue weighted by molar-refractivity contribution is 5.87. The standard InChI is InChI=1S/C31H53NO24/c33-2-8-1-9(16(41)21(46)26(8)54-30-24(49)20(45)18(43)13(6-37)52-30)32-15-12(5-36)51-29(23(48)19(15)44)56-28-14(7-38)53-31(25(50)22(28)47)55-27(11(40)4-35)17(42)10(39)3-34/h1,9-16,18-41,43-50H,2-7H2. The molecular formula is C31H53NO24. The third-order valence-electron chi connectivity index (χ3n) is 10.1. The van der Waals surface area contributed by atoms with Crippen LogP contribution in [0.3, 0.4) is 0 Å². The van der Waals surface area contributed by atoms with Crippen LogP contribution < -0.4 is 5.32 Å². The van der Waals surface area contributed by atoms with Gasteiger partial charge in [-0.15, -0.1) is 0 Å². The van der Waals surface area contributed by atoms with Gasteiger partial charge < -0.3 is 121 Å². The van der Waals surface area contributed by atoms with E-state index in [1.807, 2.05) is 0 Å². The van der Waals surface area contributed by atoms with Crippen LogP contribution in [-0.4, -0.2) is 267 Å². The highest BCUT2D eigenvalue weighted by atomic mass is 16.7. The molecule has 22 unspecified atom stereocenters. The Bertz CT molecular complexity index is 1260. The molecule has 4 rings (SSSR count). The lowest BCUT2D eigenvalue weighted by atomic mass is 9.86. The molecular weight excluding hydrogens is 770 g/mol. The fourth-order valence-corrected chi connectivity index (χ4v) is 6.80. The van der Waals surface area contributed by atoms with Crippen molar-refractivity contribution in [2.75, 3.05) is 39.6 Å². The Morgan fingerprint density at radius 3 is 1.75 bits per heavy atom. The summed E-state index contributed by atoms with van der Waals surface area (Å²) in [5.74, 6) is -1.33. The summed E-state index contributed by atoms with van der Waals surface area (Å²) in [7, 11) is 0. The van der Waals surface area contributed by atoms with E-state index in [0.29, 0.717) is 0 Å². The molecule has 25 heteroatoms. The van der Waals surface area contributed by atoms with Gasteiger partial charge in [-0.1, -0.05) is 6.08 Å². The molecule has 3 aliphatic heterocycles. The molecule has 22 atom stereocenters. The molecule has 0 spiro atoms. The molecule has 0 saturated carbocycles. The number of hydrogen-bond acceptors (Lipinski definition) is 25. The molecule has 3 heterocycles. The van der Waals surface area contributed by atoms with Gasteiger partial charge in [-0.25, -0.2) is 0 Å². The highest BCUT2D eigenvalue weighted by Crippen LogP contribution is 2.33. The van der Waals surface area contributed by atoms with Crippen molar-refractivity contribution in [2.45, 2.75) is 135 Å². The van der Waals surface area contributed by atoms with Crippen LogP contribution in [0.15, 0.2) is 11.6 Å². The van der Waals surface area contributed by atoms with Crippen LogP contribution in [0.4, 0.5) is 0 Å². The van der Waals surface area contributed by atoms with Gasteiger partial charge in [0.25, 0.3) is 0 Å². The van der Waals surface area contributed by atoms with E-state index in [0.717, 1.165) is 6.08 Å². The molecule has 0 amide bonds. The van der Waals surface area contributed by atoms with Gasteiger partial charge >= 0.3 is 0 Å². The van der Waals surface area contributed by atoms with Crippen molar-refractivity contribution in [3.63, 3.8) is 0 Å². The van der Waals surface area contributed by atoms with Gasteiger partial charge in [0.1, 0.15) is 104 Å². The van der Waals surface area contributed by atoms with Crippen LogP contribution in [-0.2, 0) is 33.2 Å². The fraction of sp³-hybridized carbons (Fsp3) is 0.903. The second-order valence-corrected chi connectivity index (χ2v) is 13.8. The van der Waals surface area contributed by atoms with Gasteiger partial charge in [-0.2, -0.15) is 0 Å². The van der Waals surface area contributed by atoms with Crippen LogP contribution in [0, 0.1) is 0 Å². The lowest BCUT2D eigenvalue weighted by molar-refractivity contribution is -0.357. The summed E-state index contributed by atoms with van der Waals surface area (Å²) < 4.78 is 32.8. The SMILES string of the molecule is O=C(C(O)CO)C(OC1OC(CO)C(OC2OC(CO)C(NC3C=C(CO)C(OC4OC(CO)C(O)C(O)C4O)C(O)C3O)C(O)C2O)C(O)C1O)C(O)CO. The molecule has 0 bridgehead atoms. The molecule has 326 valence electrons. The van der Waals surface area contributed by atoms with Crippen molar-refractivity contribution in [1.29, 1.82) is 0 Å². The van der Waals surface area contributed by atoms with E-state index < -0.39 is 180 Å². The first-order valence-corrected chi connectivity index (χ1v) is 17.6. The normalized spacial score (nSPS) is 45.2. The fourth-order valence-electron chi connectivity index (χ4n) is 6.80. The van der Waals surface area contributed by atoms with Gasteiger partial charge in [0, 0.05) is 0 Å². The summed E-state index contributed by atoms with van der Waals surface area (Å²) in [6.45, 7) is -5.70. The zero-order valence-electron chi connectivity index (χ0n) is 29.5. The molecule has 0 aromatic heterocycles. The zero-order chi connectivity index (χ0) is 41.8. The average Bonchev–Trinajstić information content (AvgIpc) is 3.20. The quantitative estimate of drug-likeness (QED) is 0.0606. The lowest BCUT2D eigenvalue weighted by Crippen LogP contribution is -2.69. The number of carbonyl (C=O) groups is 1. The van der Waals surface area contributed by atoms with Crippen molar-refractivity contribution in [2.24, 2.45) is 0 Å². The van der Waals surface area contributed by atoms with Gasteiger partial charge in [-0.3, -0.25) is 4.79 Å². The van der Waals surface area contributed by atoms with E-state index in [1.165, 1.54) is 0 Å². The largest absolute Gasteiger partial charge is 0.394 e. The van der Waals surface area contributed by atoms with E-state index in [-0.39, 0.29) is 5.57 Å². The minimum atomic E-state index is -2.15. The number of Topliss-reactive ketones (excluding diaryl/α,β-unsaturated/α-hetero) is 1. The number of aliphatic hydroxyl groups excluding tert-OH is 17. The molecule has 0 aromatic carbocycles. The number of ether oxygens (including phenoxy) is 6. The second kappa shape index (κ2) is 20.6. The summed E-state index contributed by atoms with van der Waals surface area (Å²) in [4.78, 5) is 12.4. The third-order valence-corrected chi connectivity index (χ3v) is 10.1. The maximum absolute atomic E-state index is 12.4. The number of hydrogen-bond donors (Lipinski definition) is 18. The second-order valence-electron chi connectivity index (χ2n) is 13.8. The monoisotopic (exact) mass is 823 g/mol. The van der Waals surface area contributed by atoms with Crippen molar-refractivity contribution in [1.82, 2.24) is 5.32 Å². The summed E-state index contributed by atoms with van der Waals surface area (Å²) >= 11 is 0. The van der Waals surface area contributed by atoms with Crippen molar-refractivity contribution in [3.05, 3.63) is 11.6 Å². The molecule has 18 N–H and O–H groups in total. The zero-order valence-corrected chi connectivity index (χ0v) is 29.5. The Balaban J connectivity index is 1.46. The molecule has 0 radical (unpaired) electrons. The molecule has 4 aliphatic rings. The van der Waals surface area contributed by atoms with E-state index in [4.69, 9.17) is 33.5 Å². The van der Waals surface area contributed by atoms with Crippen LogP contribution in [0.2, 0.25) is 0 Å². The van der Waals surface area contributed by atoms with Crippen LogP contribution in [0.1, 0.15) is 0 Å². The first kappa shape index (κ1) is 47.1. The predicted octanol–water partition coefficient (Wildman–Crippen LogP) is -11.9. The van der Waals surface area contributed by atoms with E-state index >= 15 is 0 Å². The summed E-state index contributed by atoms with van der Waals surface area (Å²) in [5.41, 5.74) is -0.126. The summed E-state index contributed by atoms with van der Waals surface area (Å²) in [5, 5.41) is 177. The first-order valence-electron chi connectivity index (χ1n) is 17.6. The van der Waals surface area contributed by atoms with Gasteiger partial charge in [-0.05, 0) is 5.57 Å². The Morgan fingerprint density at radius 2 is 1.18 bits per heavy atom. The first-order chi connectivity index (χ1) is 26.5. The molecule has 3 fully saturated rings. The molecule has 1 aliphatic carbocycles. The van der Waals surface area contributed by atoms with Crippen molar-refractivity contribution >= 4 is 5.78 Å². The predicted molar refractivity (Wildman–Crippen MR) is 173 cm³/mol. The van der Waals surface area contributed by atoms with Gasteiger partial charge in [0.05, 0.1) is 51.7 Å². The van der Waals surface area contributed by atoms with Crippen LogP contribution >= 0.6 is 0 Å². The molecule has 56 heavy (non-hydrogen) atoms. The smallest absolute Gasteiger partial charge is 0.195 e. The number of carbonyl (C=O) groups excluding carboxylic acids is 1. The van der Waals surface area contributed by atoms with E-state index in [1.54, 1.807) is 0 Å². The number of ketones is 1. The van der Waals surface area contributed by atoms with Gasteiger partial charge in [0.15, 0.2) is 24.7 Å².